The molecule has 5 nitrogen and oxygen atoms in total. The van der Waals surface area contributed by atoms with Crippen LogP contribution in [0.3, 0.4) is 0 Å². The highest BCUT2D eigenvalue weighted by Crippen LogP contribution is 2.28. The van der Waals surface area contributed by atoms with Crippen LogP contribution in [0.5, 0.6) is 5.75 Å². The lowest BCUT2D eigenvalue weighted by Crippen LogP contribution is -2.49. The molecule has 0 bridgehead atoms. The fourth-order valence-corrected chi connectivity index (χ4v) is 4.21. The van der Waals surface area contributed by atoms with Crippen molar-refractivity contribution in [2.75, 3.05) is 26.3 Å². The highest BCUT2D eigenvalue weighted by Gasteiger charge is 2.32. The van der Waals surface area contributed by atoms with Crippen LogP contribution in [0.4, 0.5) is 8.78 Å². The van der Waals surface area contributed by atoms with Crippen LogP contribution in [0.25, 0.3) is 0 Å². The maximum Gasteiger partial charge on any atom is 0.234 e. The third kappa shape index (κ3) is 5.74. The van der Waals surface area contributed by atoms with Crippen molar-refractivity contribution in [3.05, 3.63) is 101 Å². The molecule has 0 spiro atoms. The Kier molecular flexibility index (Phi) is 7.87. The summed E-state index contributed by atoms with van der Waals surface area (Å²) >= 11 is 0. The Morgan fingerprint density at radius 1 is 1.00 bits per heavy atom. The van der Waals surface area contributed by atoms with E-state index in [1.165, 1.54) is 0 Å². The number of rotatable bonds is 8. The van der Waals surface area contributed by atoms with E-state index in [2.05, 4.69) is 0 Å². The molecule has 1 aliphatic heterocycles. The third-order valence-corrected chi connectivity index (χ3v) is 6.02. The van der Waals surface area contributed by atoms with Crippen molar-refractivity contribution < 1.29 is 27.8 Å². The first-order valence-corrected chi connectivity index (χ1v) is 11.6. The number of carbonyl (C=O) groups excluding carboxylic acids is 2. The summed E-state index contributed by atoms with van der Waals surface area (Å²) in [7, 11) is 0. The van der Waals surface area contributed by atoms with Gasteiger partial charge in [0.1, 0.15) is 12.7 Å². The van der Waals surface area contributed by atoms with E-state index in [4.69, 9.17) is 9.47 Å². The molecule has 3 aromatic carbocycles. The van der Waals surface area contributed by atoms with Crippen LogP contribution in [-0.4, -0.2) is 49.0 Å². The van der Waals surface area contributed by atoms with Gasteiger partial charge in [-0.3, -0.25) is 9.59 Å². The van der Waals surface area contributed by atoms with Gasteiger partial charge in [-0.15, -0.1) is 0 Å². The molecule has 35 heavy (non-hydrogen) atoms. The van der Waals surface area contributed by atoms with Gasteiger partial charge in [0.05, 0.1) is 19.1 Å². The van der Waals surface area contributed by atoms with Gasteiger partial charge < -0.3 is 14.4 Å². The van der Waals surface area contributed by atoms with Gasteiger partial charge in [0.15, 0.2) is 23.2 Å². The number of hydrogen-bond donors (Lipinski definition) is 0. The van der Waals surface area contributed by atoms with Crippen molar-refractivity contribution in [3.8, 4) is 5.75 Å². The lowest BCUT2D eigenvalue weighted by molar-refractivity contribution is -0.140. The summed E-state index contributed by atoms with van der Waals surface area (Å²) in [5.74, 6) is -3.36. The Balaban J connectivity index is 1.47. The van der Waals surface area contributed by atoms with E-state index in [9.17, 15) is 18.4 Å². The average molecular weight is 480 g/mol. The molecule has 0 N–H and O–H groups in total. The zero-order chi connectivity index (χ0) is 24.8. The van der Waals surface area contributed by atoms with E-state index < -0.39 is 29.4 Å². The molecule has 1 fully saturated rings. The summed E-state index contributed by atoms with van der Waals surface area (Å²) in [5.41, 5.74) is 1.73. The quantitative estimate of drug-likeness (QED) is 0.427. The maximum atomic E-state index is 14.4. The van der Waals surface area contributed by atoms with Crippen molar-refractivity contribution in [2.45, 2.75) is 25.4 Å². The number of halogens is 2. The molecule has 0 radical (unpaired) electrons. The molecule has 1 amide bonds. The monoisotopic (exact) mass is 479 g/mol. The van der Waals surface area contributed by atoms with Gasteiger partial charge in [-0.05, 0) is 23.3 Å². The fraction of sp³-hybridized carbons (Fsp3) is 0.286. The zero-order valence-corrected chi connectivity index (χ0v) is 19.5. The van der Waals surface area contributed by atoms with Gasteiger partial charge >= 0.3 is 0 Å². The molecule has 0 saturated carbocycles. The van der Waals surface area contributed by atoms with Gasteiger partial charge in [-0.1, -0.05) is 67.6 Å². The van der Waals surface area contributed by atoms with Crippen LogP contribution in [0.15, 0.2) is 72.8 Å². The van der Waals surface area contributed by atoms with Gasteiger partial charge in [-0.2, -0.15) is 0 Å². The minimum Gasteiger partial charge on any atom is -0.485 e. The molecule has 1 aliphatic rings. The lowest BCUT2D eigenvalue weighted by atomic mass is 9.90. The topological polar surface area (TPSA) is 55.8 Å². The molecule has 7 heteroatoms. The van der Waals surface area contributed by atoms with E-state index in [1.54, 1.807) is 11.8 Å². The van der Waals surface area contributed by atoms with E-state index >= 15 is 0 Å². The zero-order valence-electron chi connectivity index (χ0n) is 19.5. The molecule has 0 aliphatic carbocycles. The SMILES string of the molecule is CCC(=O)c1cc(F)c(OCC2CN(C(=O)C(c3ccccc3)c3ccccc3)CCO2)c(F)c1. The van der Waals surface area contributed by atoms with E-state index in [0.29, 0.717) is 6.54 Å². The minimum absolute atomic E-state index is 0.0339. The Morgan fingerprint density at radius 3 is 2.11 bits per heavy atom. The summed E-state index contributed by atoms with van der Waals surface area (Å²) < 4.78 is 40.0. The molecule has 0 aromatic heterocycles. The Bertz CT molecular complexity index is 1110. The van der Waals surface area contributed by atoms with Crippen LogP contribution < -0.4 is 4.74 Å². The summed E-state index contributed by atoms with van der Waals surface area (Å²) in [4.78, 5) is 27.1. The van der Waals surface area contributed by atoms with E-state index in [0.717, 1.165) is 23.3 Å². The standard InChI is InChI=1S/C28H27F2NO4/c1-2-25(32)21-15-23(29)27(24(30)16-21)35-18-22-17-31(13-14-34-22)28(33)26(19-9-5-3-6-10-19)20-11-7-4-8-12-20/h3-12,15-16,22,26H,2,13-14,17-18H2,1H3. The van der Waals surface area contributed by atoms with Gasteiger partial charge in [0, 0.05) is 18.5 Å². The largest absolute Gasteiger partial charge is 0.485 e. The molecular weight excluding hydrogens is 452 g/mol. The Hall–Kier alpha value is -3.58. The number of amides is 1. The molecule has 1 atom stereocenters. The van der Waals surface area contributed by atoms with Gasteiger partial charge in [0.2, 0.25) is 5.91 Å². The number of nitrogens with zero attached hydrogens (tertiary/aromatic N) is 1. The van der Waals surface area contributed by atoms with Crippen LogP contribution in [0, 0.1) is 11.6 Å². The second kappa shape index (κ2) is 11.2. The van der Waals surface area contributed by atoms with Crippen LogP contribution >= 0.6 is 0 Å². The minimum atomic E-state index is -0.946. The Morgan fingerprint density at radius 2 is 1.57 bits per heavy atom. The molecular formula is C28H27F2NO4. The van der Waals surface area contributed by atoms with Crippen molar-refractivity contribution >= 4 is 11.7 Å². The molecule has 1 heterocycles. The number of ketones is 1. The predicted molar refractivity (Wildman–Crippen MR) is 128 cm³/mol. The van der Waals surface area contributed by atoms with Crippen LogP contribution in [0.2, 0.25) is 0 Å². The van der Waals surface area contributed by atoms with Gasteiger partial charge in [-0.25, -0.2) is 8.78 Å². The lowest BCUT2D eigenvalue weighted by Gasteiger charge is -2.35. The van der Waals surface area contributed by atoms with E-state index in [1.807, 2.05) is 60.7 Å². The highest BCUT2D eigenvalue weighted by atomic mass is 19.1. The average Bonchev–Trinajstić information content (AvgIpc) is 2.89. The fourth-order valence-electron chi connectivity index (χ4n) is 4.21. The van der Waals surface area contributed by atoms with Crippen LogP contribution in [0.1, 0.15) is 40.7 Å². The number of carbonyl (C=O) groups is 2. The molecule has 3 aromatic rings. The molecule has 1 saturated heterocycles. The van der Waals surface area contributed by atoms with Crippen molar-refractivity contribution in [1.82, 2.24) is 4.90 Å². The highest BCUT2D eigenvalue weighted by molar-refractivity contribution is 5.96. The number of benzene rings is 3. The predicted octanol–water partition coefficient (Wildman–Crippen LogP) is 5.00. The first-order valence-electron chi connectivity index (χ1n) is 11.6. The second-order valence-corrected chi connectivity index (χ2v) is 8.39. The first-order chi connectivity index (χ1) is 17.0. The summed E-state index contributed by atoms with van der Waals surface area (Å²) in [5, 5.41) is 0. The maximum absolute atomic E-state index is 14.4. The molecule has 182 valence electrons. The van der Waals surface area contributed by atoms with Crippen molar-refractivity contribution in [3.63, 3.8) is 0 Å². The van der Waals surface area contributed by atoms with Crippen LogP contribution in [-0.2, 0) is 9.53 Å². The van der Waals surface area contributed by atoms with Gasteiger partial charge in [0.25, 0.3) is 0 Å². The number of Topliss-reactive ketones (excluding diaryl/α,β-unsaturated/α-hetero) is 1. The first kappa shape index (κ1) is 24.5. The third-order valence-electron chi connectivity index (χ3n) is 6.02. The van der Waals surface area contributed by atoms with Crippen molar-refractivity contribution in [1.29, 1.82) is 0 Å². The number of ether oxygens (including phenoxy) is 2. The summed E-state index contributed by atoms with van der Waals surface area (Å²) in [6.07, 6.45) is -0.415. The summed E-state index contributed by atoms with van der Waals surface area (Å²) in [6, 6.07) is 21.1. The summed E-state index contributed by atoms with van der Waals surface area (Å²) in [6.45, 7) is 2.40. The number of morpholine rings is 1. The molecule has 1 unspecified atom stereocenters. The van der Waals surface area contributed by atoms with E-state index in [-0.39, 0.29) is 43.4 Å². The normalized spacial score (nSPS) is 15.8. The van der Waals surface area contributed by atoms with Crippen molar-refractivity contribution in [2.24, 2.45) is 0 Å². The second-order valence-electron chi connectivity index (χ2n) is 8.39. The number of hydrogen-bond acceptors (Lipinski definition) is 4. The molecule has 4 rings (SSSR count). The smallest absolute Gasteiger partial charge is 0.234 e. The Labute approximate surface area is 203 Å².